The average molecular weight is 457 g/mol. The Labute approximate surface area is 153 Å². The summed E-state index contributed by atoms with van der Waals surface area (Å²) in [6.07, 6.45) is 10.6. The van der Waals surface area contributed by atoms with Gasteiger partial charge in [-0.05, 0) is 18.2 Å². The second kappa shape index (κ2) is 9.51. The summed E-state index contributed by atoms with van der Waals surface area (Å²) in [6.45, 7) is 3.66. The van der Waals surface area contributed by atoms with E-state index in [0.29, 0.717) is 22.2 Å². The van der Waals surface area contributed by atoms with Crippen LogP contribution in [0.25, 0.3) is 0 Å². The smallest absolute Gasteiger partial charge is 0.258 e. The molecule has 6 heteroatoms. The standard InChI is InChI=1S/C15H13Cl3INO/c1-2-11(5-3-4-8-19)20-15(21)14-12(17)7-6-10(16)9-13(14)18/h2-6,9H,1,7-8H2,(H,20,21)/b4-3-,11-5+. The molecule has 0 fully saturated rings. The van der Waals surface area contributed by atoms with Crippen LogP contribution in [0, 0.1) is 0 Å². The quantitative estimate of drug-likeness (QED) is 0.339. The van der Waals surface area contributed by atoms with Crippen LogP contribution in [0.2, 0.25) is 0 Å². The lowest BCUT2D eigenvalue weighted by atomic mass is 10.2. The highest BCUT2D eigenvalue weighted by Crippen LogP contribution is 2.30. The first-order valence-corrected chi connectivity index (χ1v) is 8.64. The number of amides is 1. The van der Waals surface area contributed by atoms with Gasteiger partial charge in [-0.15, -0.1) is 0 Å². The van der Waals surface area contributed by atoms with E-state index >= 15 is 0 Å². The van der Waals surface area contributed by atoms with Crippen LogP contribution in [0.3, 0.4) is 0 Å². The topological polar surface area (TPSA) is 29.1 Å². The predicted octanol–water partition coefficient (Wildman–Crippen LogP) is 5.31. The van der Waals surface area contributed by atoms with Gasteiger partial charge in [-0.3, -0.25) is 4.79 Å². The Hall–Kier alpha value is -0.490. The summed E-state index contributed by atoms with van der Waals surface area (Å²) in [7, 11) is 0. The molecule has 0 bridgehead atoms. The van der Waals surface area contributed by atoms with Crippen molar-refractivity contribution in [1.82, 2.24) is 5.32 Å². The number of carbonyl (C=O) groups excluding carboxylic acids is 1. The molecular weight excluding hydrogens is 443 g/mol. The van der Waals surface area contributed by atoms with Crippen molar-refractivity contribution >= 4 is 63.3 Å². The van der Waals surface area contributed by atoms with Crippen LogP contribution >= 0.6 is 57.4 Å². The maximum Gasteiger partial charge on any atom is 0.258 e. The summed E-state index contributed by atoms with van der Waals surface area (Å²) in [4.78, 5) is 12.3. The van der Waals surface area contributed by atoms with E-state index in [1.807, 2.05) is 12.2 Å². The zero-order valence-electron chi connectivity index (χ0n) is 11.0. The number of rotatable bonds is 5. The zero-order valence-corrected chi connectivity index (χ0v) is 15.4. The average Bonchev–Trinajstić information content (AvgIpc) is 2.56. The van der Waals surface area contributed by atoms with Gasteiger partial charge in [0.2, 0.25) is 0 Å². The largest absolute Gasteiger partial charge is 0.322 e. The normalized spacial score (nSPS) is 16.5. The van der Waals surface area contributed by atoms with E-state index in [2.05, 4.69) is 34.5 Å². The molecule has 1 rings (SSSR count). The Morgan fingerprint density at radius 1 is 1.43 bits per heavy atom. The predicted molar refractivity (Wildman–Crippen MR) is 99.8 cm³/mol. The van der Waals surface area contributed by atoms with Crippen LogP contribution in [0.4, 0.5) is 0 Å². The monoisotopic (exact) mass is 455 g/mol. The summed E-state index contributed by atoms with van der Waals surface area (Å²) < 4.78 is 0.877. The first-order valence-electron chi connectivity index (χ1n) is 5.98. The molecule has 0 saturated carbocycles. The molecule has 112 valence electrons. The van der Waals surface area contributed by atoms with Crippen molar-refractivity contribution in [3.8, 4) is 0 Å². The van der Waals surface area contributed by atoms with Crippen molar-refractivity contribution in [2.24, 2.45) is 0 Å². The SMILES string of the molecule is C=C/C(=C\C=C/CI)NC(=O)C1=C(Cl)CC=C(Cl)C=C1Cl. The number of hydrogen-bond acceptors (Lipinski definition) is 1. The van der Waals surface area contributed by atoms with Crippen LogP contribution in [0.15, 0.2) is 69.4 Å². The van der Waals surface area contributed by atoms with E-state index in [9.17, 15) is 4.79 Å². The molecule has 1 aliphatic carbocycles. The number of carbonyl (C=O) groups is 1. The Bertz CT molecular complexity index is 586. The highest BCUT2D eigenvalue weighted by Gasteiger charge is 2.20. The Morgan fingerprint density at radius 2 is 2.14 bits per heavy atom. The third-order valence-corrected chi connectivity index (χ3v) is 3.87. The number of halogens is 4. The van der Waals surface area contributed by atoms with Gasteiger partial charge in [0.25, 0.3) is 5.91 Å². The number of alkyl halides is 1. The summed E-state index contributed by atoms with van der Waals surface area (Å²) >= 11 is 20.4. The van der Waals surface area contributed by atoms with Gasteiger partial charge in [-0.2, -0.15) is 0 Å². The Kier molecular flexibility index (Phi) is 8.41. The molecule has 0 heterocycles. The Morgan fingerprint density at radius 3 is 2.76 bits per heavy atom. The van der Waals surface area contributed by atoms with Gasteiger partial charge in [-0.1, -0.05) is 82.2 Å². The number of nitrogens with one attached hydrogen (secondary N) is 1. The minimum atomic E-state index is -0.393. The van der Waals surface area contributed by atoms with Crippen LogP contribution in [0.1, 0.15) is 6.42 Å². The van der Waals surface area contributed by atoms with Gasteiger partial charge >= 0.3 is 0 Å². The van der Waals surface area contributed by atoms with E-state index in [1.54, 1.807) is 18.2 Å². The minimum absolute atomic E-state index is 0.211. The van der Waals surface area contributed by atoms with E-state index in [1.165, 1.54) is 6.08 Å². The van der Waals surface area contributed by atoms with Gasteiger partial charge in [0, 0.05) is 26.6 Å². The van der Waals surface area contributed by atoms with E-state index < -0.39 is 5.91 Å². The molecule has 21 heavy (non-hydrogen) atoms. The molecule has 2 nitrogen and oxygen atoms in total. The lowest BCUT2D eigenvalue weighted by Gasteiger charge is -2.09. The fourth-order valence-corrected chi connectivity index (χ4v) is 2.65. The van der Waals surface area contributed by atoms with Crippen molar-refractivity contribution in [2.75, 3.05) is 4.43 Å². The third kappa shape index (κ3) is 6.02. The van der Waals surface area contributed by atoms with Gasteiger partial charge in [0.1, 0.15) is 0 Å². The molecule has 0 radical (unpaired) electrons. The molecule has 0 aromatic heterocycles. The molecule has 0 aromatic rings. The maximum atomic E-state index is 12.3. The van der Waals surface area contributed by atoms with Gasteiger partial charge < -0.3 is 5.32 Å². The second-order valence-electron chi connectivity index (χ2n) is 3.93. The maximum absolute atomic E-state index is 12.3. The number of hydrogen-bond donors (Lipinski definition) is 1. The van der Waals surface area contributed by atoms with Crippen LogP contribution < -0.4 is 5.32 Å². The lowest BCUT2D eigenvalue weighted by molar-refractivity contribution is -0.116. The summed E-state index contributed by atoms with van der Waals surface area (Å²) in [5.74, 6) is -0.393. The molecule has 0 aliphatic heterocycles. The summed E-state index contributed by atoms with van der Waals surface area (Å²) in [5.41, 5.74) is 0.779. The summed E-state index contributed by atoms with van der Waals surface area (Å²) in [6, 6.07) is 0. The van der Waals surface area contributed by atoms with Crippen molar-refractivity contribution in [2.45, 2.75) is 6.42 Å². The Balaban J connectivity index is 2.97. The number of allylic oxidation sites excluding steroid dienone is 8. The molecule has 0 spiro atoms. The van der Waals surface area contributed by atoms with E-state index in [4.69, 9.17) is 34.8 Å². The van der Waals surface area contributed by atoms with E-state index in [-0.39, 0.29) is 10.6 Å². The van der Waals surface area contributed by atoms with Crippen LogP contribution in [0.5, 0.6) is 0 Å². The second-order valence-corrected chi connectivity index (χ2v) is 6.11. The van der Waals surface area contributed by atoms with Crippen LogP contribution in [-0.2, 0) is 4.79 Å². The highest BCUT2D eigenvalue weighted by atomic mass is 127. The fraction of sp³-hybridized carbons (Fsp3) is 0.133. The van der Waals surface area contributed by atoms with E-state index in [0.717, 1.165) is 4.43 Å². The van der Waals surface area contributed by atoms with Crippen molar-refractivity contribution in [1.29, 1.82) is 0 Å². The molecule has 0 atom stereocenters. The third-order valence-electron chi connectivity index (χ3n) is 2.46. The van der Waals surface area contributed by atoms with Gasteiger partial charge in [-0.25, -0.2) is 0 Å². The molecular formula is C15H13Cl3INO. The van der Waals surface area contributed by atoms with Gasteiger partial charge in [0.15, 0.2) is 0 Å². The van der Waals surface area contributed by atoms with Crippen molar-refractivity contribution in [3.63, 3.8) is 0 Å². The first-order chi connectivity index (χ1) is 9.99. The molecule has 0 unspecified atom stereocenters. The zero-order chi connectivity index (χ0) is 15.8. The molecule has 1 N–H and O–H groups in total. The fourth-order valence-electron chi connectivity index (χ4n) is 1.48. The molecule has 1 aliphatic rings. The molecule has 1 amide bonds. The first kappa shape index (κ1) is 18.6. The highest BCUT2D eigenvalue weighted by molar-refractivity contribution is 14.1. The lowest BCUT2D eigenvalue weighted by Crippen LogP contribution is -2.24. The summed E-state index contributed by atoms with van der Waals surface area (Å²) in [5, 5.41) is 3.72. The molecule has 0 saturated heterocycles. The van der Waals surface area contributed by atoms with Gasteiger partial charge in [0.05, 0.1) is 10.6 Å². The molecule has 0 aromatic carbocycles. The van der Waals surface area contributed by atoms with Crippen molar-refractivity contribution in [3.05, 3.63) is 69.4 Å². The van der Waals surface area contributed by atoms with Crippen molar-refractivity contribution < 1.29 is 4.79 Å². The minimum Gasteiger partial charge on any atom is -0.322 e. The van der Waals surface area contributed by atoms with Crippen LogP contribution in [-0.4, -0.2) is 10.3 Å².